The summed E-state index contributed by atoms with van der Waals surface area (Å²) in [6, 6.07) is 8.37. The summed E-state index contributed by atoms with van der Waals surface area (Å²) in [4.78, 5) is 14.7. The Hall–Kier alpha value is -2.96. The Kier molecular flexibility index (Phi) is 8.05. The van der Waals surface area contributed by atoms with Gasteiger partial charge in [-0.1, -0.05) is 26.0 Å². The molecule has 0 spiro atoms. The highest BCUT2D eigenvalue weighted by molar-refractivity contribution is 5.73. The van der Waals surface area contributed by atoms with Crippen LogP contribution in [-0.4, -0.2) is 30.1 Å². The van der Waals surface area contributed by atoms with Gasteiger partial charge in [-0.15, -0.1) is 0 Å². The van der Waals surface area contributed by atoms with Gasteiger partial charge in [-0.2, -0.15) is 0 Å². The van der Waals surface area contributed by atoms with Crippen LogP contribution >= 0.6 is 0 Å². The SMILES string of the molecule is CC.CF.COc1c(F)cccc1-c1ccc2nc(NC=O)cn2c1.[HH]. The van der Waals surface area contributed by atoms with Crippen LogP contribution in [0.3, 0.4) is 0 Å². The standard InChI is InChI=1S/C15H12FN3O2.C2H6.CH3F.H2/c1-21-15-11(3-2-4-12(15)16)10-5-6-14-18-13(17-9-20)8-19(14)7-10;2*1-2;/h2-9H,1H3,(H,17,20);1-2H3;1H3;1H. The molecule has 0 aliphatic rings. The minimum absolute atomic E-state index is 0. The van der Waals surface area contributed by atoms with Gasteiger partial charge in [-0.25, -0.2) is 9.37 Å². The highest BCUT2D eigenvalue weighted by Crippen LogP contribution is 2.32. The predicted octanol–water partition coefficient (Wildman–Crippen LogP) is 4.58. The van der Waals surface area contributed by atoms with E-state index in [1.54, 1.807) is 35.0 Å². The van der Waals surface area contributed by atoms with Gasteiger partial charge in [-0.05, 0) is 18.2 Å². The largest absolute Gasteiger partial charge is 0.493 e. The van der Waals surface area contributed by atoms with E-state index in [9.17, 15) is 13.6 Å². The van der Waals surface area contributed by atoms with Gasteiger partial charge in [0.05, 0.1) is 20.5 Å². The first-order valence-electron chi connectivity index (χ1n) is 7.62. The lowest BCUT2D eigenvalue weighted by molar-refractivity contribution is -0.105. The summed E-state index contributed by atoms with van der Waals surface area (Å²) >= 11 is 0. The fraction of sp³-hybridized carbons (Fsp3) is 0.222. The molecule has 3 aromatic rings. The van der Waals surface area contributed by atoms with Gasteiger partial charge in [0.25, 0.3) is 0 Å². The maximum atomic E-state index is 13.8. The van der Waals surface area contributed by atoms with Gasteiger partial charge < -0.3 is 14.5 Å². The molecular formula is C18H23F2N3O2. The summed E-state index contributed by atoms with van der Waals surface area (Å²) < 4.78 is 30.1. The van der Waals surface area contributed by atoms with Gasteiger partial charge in [0.1, 0.15) is 5.65 Å². The number of para-hydroxylation sites is 1. The fourth-order valence-electron chi connectivity index (χ4n) is 2.22. The smallest absolute Gasteiger partial charge is 0.212 e. The van der Waals surface area contributed by atoms with Gasteiger partial charge in [0.2, 0.25) is 6.41 Å². The van der Waals surface area contributed by atoms with Crippen molar-refractivity contribution in [1.29, 1.82) is 0 Å². The van der Waals surface area contributed by atoms with Crippen molar-refractivity contribution in [3.63, 3.8) is 0 Å². The summed E-state index contributed by atoms with van der Waals surface area (Å²) in [6.45, 7) is 4.00. The molecule has 2 aromatic heterocycles. The van der Waals surface area contributed by atoms with Crippen molar-refractivity contribution < 1.29 is 19.7 Å². The maximum Gasteiger partial charge on any atom is 0.212 e. The number of methoxy groups -OCH3 is 1. The van der Waals surface area contributed by atoms with E-state index >= 15 is 0 Å². The number of alkyl halides is 1. The number of rotatable bonds is 4. The van der Waals surface area contributed by atoms with Crippen LogP contribution in [0.15, 0.2) is 42.7 Å². The number of pyridine rings is 1. The van der Waals surface area contributed by atoms with Crippen molar-refractivity contribution in [2.24, 2.45) is 0 Å². The minimum Gasteiger partial charge on any atom is -0.493 e. The summed E-state index contributed by atoms with van der Waals surface area (Å²) in [6.07, 6.45) is 4.05. The van der Waals surface area contributed by atoms with Crippen LogP contribution in [0.2, 0.25) is 0 Å². The monoisotopic (exact) mass is 351 g/mol. The van der Waals surface area contributed by atoms with Crippen molar-refractivity contribution in [3.8, 4) is 16.9 Å². The number of carbonyl (C=O) groups excluding carboxylic acids is 1. The number of hydrogen-bond donors (Lipinski definition) is 1. The minimum atomic E-state index is -0.413. The molecule has 0 saturated carbocycles. The zero-order valence-electron chi connectivity index (χ0n) is 14.6. The van der Waals surface area contributed by atoms with Crippen molar-refractivity contribution in [2.45, 2.75) is 13.8 Å². The van der Waals surface area contributed by atoms with E-state index < -0.39 is 5.82 Å². The lowest BCUT2D eigenvalue weighted by Crippen LogP contribution is -1.93. The van der Waals surface area contributed by atoms with Gasteiger partial charge in [0.15, 0.2) is 17.4 Å². The lowest BCUT2D eigenvalue weighted by Gasteiger charge is -2.09. The molecule has 7 heteroatoms. The average molecular weight is 351 g/mol. The number of halogens is 2. The number of nitrogens with zero attached hydrogens (tertiary/aromatic N) is 2. The number of nitrogens with one attached hydrogen (secondary N) is 1. The first-order chi connectivity index (χ1) is 12.2. The molecule has 0 unspecified atom stereocenters. The number of imidazole rings is 1. The maximum absolute atomic E-state index is 13.8. The second kappa shape index (κ2) is 10.0. The number of fused-ring (bicyclic) bond motifs is 1. The van der Waals surface area contributed by atoms with E-state index in [2.05, 4.69) is 10.3 Å². The third kappa shape index (κ3) is 4.53. The molecule has 3 rings (SSSR count). The third-order valence-corrected chi connectivity index (χ3v) is 3.14. The Balaban J connectivity index is 0.00000117. The molecule has 2 heterocycles. The molecule has 0 saturated heterocycles. The topological polar surface area (TPSA) is 55.6 Å². The first-order valence-corrected chi connectivity index (χ1v) is 7.62. The van der Waals surface area contributed by atoms with Crippen LogP contribution in [0.1, 0.15) is 15.3 Å². The molecule has 0 atom stereocenters. The van der Waals surface area contributed by atoms with E-state index in [1.807, 2.05) is 19.9 Å². The fourth-order valence-corrected chi connectivity index (χ4v) is 2.22. The molecule has 25 heavy (non-hydrogen) atoms. The van der Waals surface area contributed by atoms with Gasteiger partial charge >= 0.3 is 0 Å². The number of amides is 1. The number of benzene rings is 1. The highest BCUT2D eigenvalue weighted by Gasteiger charge is 2.11. The average Bonchev–Trinajstić information content (AvgIpc) is 3.06. The molecule has 1 amide bonds. The van der Waals surface area contributed by atoms with E-state index in [-0.39, 0.29) is 7.18 Å². The summed E-state index contributed by atoms with van der Waals surface area (Å²) in [7, 11) is 1.93. The summed E-state index contributed by atoms with van der Waals surface area (Å²) in [5.41, 5.74) is 2.12. The molecule has 1 aromatic carbocycles. The van der Waals surface area contributed by atoms with Crippen LogP contribution in [0.25, 0.3) is 16.8 Å². The highest BCUT2D eigenvalue weighted by atomic mass is 19.1. The van der Waals surface area contributed by atoms with E-state index in [0.717, 1.165) is 5.56 Å². The number of aromatic nitrogens is 2. The van der Waals surface area contributed by atoms with Crippen LogP contribution in [0.5, 0.6) is 5.75 Å². The summed E-state index contributed by atoms with van der Waals surface area (Å²) in [5, 5.41) is 2.49. The predicted molar refractivity (Wildman–Crippen MR) is 97.3 cm³/mol. The molecule has 136 valence electrons. The second-order valence-electron chi connectivity index (χ2n) is 4.39. The molecular weight excluding hydrogens is 328 g/mol. The molecule has 0 bridgehead atoms. The Labute approximate surface area is 146 Å². The van der Waals surface area contributed by atoms with E-state index in [1.165, 1.54) is 13.2 Å². The van der Waals surface area contributed by atoms with Gasteiger partial charge in [-0.3, -0.25) is 9.18 Å². The summed E-state index contributed by atoms with van der Waals surface area (Å²) in [5.74, 6) is 0.237. The van der Waals surface area contributed by atoms with Crippen LogP contribution in [-0.2, 0) is 4.79 Å². The molecule has 0 aliphatic carbocycles. The van der Waals surface area contributed by atoms with Crippen molar-refractivity contribution >= 4 is 17.9 Å². The zero-order valence-corrected chi connectivity index (χ0v) is 14.6. The molecule has 5 nitrogen and oxygen atoms in total. The van der Waals surface area contributed by atoms with Crippen LogP contribution in [0, 0.1) is 5.82 Å². The molecule has 0 aliphatic heterocycles. The van der Waals surface area contributed by atoms with E-state index in [4.69, 9.17) is 4.74 Å². The third-order valence-electron chi connectivity index (χ3n) is 3.14. The van der Waals surface area contributed by atoms with Crippen LogP contribution in [0.4, 0.5) is 14.6 Å². The molecule has 1 N–H and O–H groups in total. The number of ether oxygens (including phenoxy) is 1. The quantitative estimate of drug-likeness (QED) is 0.700. The Morgan fingerprint density at radius 2 is 1.92 bits per heavy atom. The Morgan fingerprint density at radius 1 is 1.20 bits per heavy atom. The lowest BCUT2D eigenvalue weighted by atomic mass is 10.1. The van der Waals surface area contributed by atoms with E-state index in [0.29, 0.717) is 30.6 Å². The molecule has 0 fully saturated rings. The second-order valence-corrected chi connectivity index (χ2v) is 4.39. The molecule has 0 radical (unpaired) electrons. The normalized spacial score (nSPS) is 9.36. The first kappa shape index (κ1) is 20.1. The van der Waals surface area contributed by atoms with Crippen molar-refractivity contribution in [2.75, 3.05) is 19.6 Å². The number of anilines is 1. The van der Waals surface area contributed by atoms with Gasteiger partial charge in [0, 0.05) is 18.8 Å². The Bertz CT molecular complexity index is 825. The zero-order chi connectivity index (χ0) is 18.8. The Morgan fingerprint density at radius 3 is 2.56 bits per heavy atom. The van der Waals surface area contributed by atoms with Crippen molar-refractivity contribution in [3.05, 3.63) is 48.5 Å². The van der Waals surface area contributed by atoms with Crippen molar-refractivity contribution in [1.82, 2.24) is 9.38 Å². The number of hydrogen-bond acceptors (Lipinski definition) is 3. The van der Waals surface area contributed by atoms with Crippen LogP contribution < -0.4 is 10.1 Å². The number of carbonyl (C=O) groups is 1.